The summed E-state index contributed by atoms with van der Waals surface area (Å²) in [5.74, 6) is -0.795. The number of carbonyl (C=O) groups excluding carboxylic acids is 3. The van der Waals surface area contributed by atoms with Gasteiger partial charge in [0, 0.05) is 13.1 Å². The molecule has 2 aliphatic rings. The van der Waals surface area contributed by atoms with E-state index in [-0.39, 0.29) is 12.5 Å². The first kappa shape index (κ1) is 21.8. The smallest absolute Gasteiger partial charge is 0.325 e. The highest BCUT2D eigenvalue weighted by Gasteiger charge is 2.47. The second-order valence-corrected chi connectivity index (χ2v) is 8.30. The van der Waals surface area contributed by atoms with E-state index in [1.165, 1.54) is 0 Å². The fourth-order valence-corrected chi connectivity index (χ4v) is 4.09. The number of hydrogen-bond donors (Lipinski definition) is 2. The van der Waals surface area contributed by atoms with Crippen molar-refractivity contribution in [3.8, 4) is 0 Å². The Kier molecular flexibility index (Phi) is 6.41. The molecule has 0 spiro atoms. The van der Waals surface area contributed by atoms with E-state index in [4.69, 9.17) is 4.74 Å². The van der Waals surface area contributed by atoms with Crippen LogP contribution in [0.15, 0.2) is 54.6 Å². The Morgan fingerprint density at radius 1 is 1.06 bits per heavy atom. The number of morpholine rings is 1. The Morgan fingerprint density at radius 2 is 1.75 bits per heavy atom. The molecule has 0 aromatic heterocycles. The van der Waals surface area contributed by atoms with Gasteiger partial charge in [0.05, 0.1) is 24.6 Å². The third kappa shape index (κ3) is 4.75. The van der Waals surface area contributed by atoms with Crippen LogP contribution >= 0.6 is 0 Å². The third-order valence-corrected chi connectivity index (χ3v) is 5.93. The van der Waals surface area contributed by atoms with Crippen LogP contribution < -0.4 is 15.5 Å². The molecule has 8 nitrogen and oxygen atoms in total. The molecule has 8 heteroatoms. The highest BCUT2D eigenvalue weighted by atomic mass is 16.5. The fourth-order valence-electron chi connectivity index (χ4n) is 4.09. The van der Waals surface area contributed by atoms with Gasteiger partial charge in [-0.1, -0.05) is 42.5 Å². The van der Waals surface area contributed by atoms with Gasteiger partial charge in [-0.15, -0.1) is 0 Å². The number of hydrogen-bond acceptors (Lipinski definition) is 5. The molecule has 2 heterocycles. The van der Waals surface area contributed by atoms with Gasteiger partial charge in [-0.2, -0.15) is 0 Å². The number of carbonyl (C=O) groups is 3. The second kappa shape index (κ2) is 9.40. The molecule has 168 valence electrons. The van der Waals surface area contributed by atoms with Crippen molar-refractivity contribution in [2.75, 3.05) is 43.1 Å². The Bertz CT molecular complexity index is 991. The molecule has 32 heavy (non-hydrogen) atoms. The standard InChI is InChI=1S/C24H28N4O4/c1-24(12-11-18-7-3-2-4-8-18)22(30)28(23(31)26-24)17-21(29)25-19-9-5-6-10-20(19)27-13-15-32-16-14-27/h2-10H,11-17H2,1H3,(H,25,29)(H,26,31). The van der Waals surface area contributed by atoms with Crippen LogP contribution in [0, 0.1) is 0 Å². The molecule has 1 atom stereocenters. The van der Waals surface area contributed by atoms with Crippen LogP contribution in [0.5, 0.6) is 0 Å². The van der Waals surface area contributed by atoms with Crippen LogP contribution in [0.3, 0.4) is 0 Å². The Morgan fingerprint density at radius 3 is 2.50 bits per heavy atom. The molecule has 0 radical (unpaired) electrons. The molecular formula is C24H28N4O4. The first-order valence-corrected chi connectivity index (χ1v) is 10.9. The zero-order valence-electron chi connectivity index (χ0n) is 18.2. The van der Waals surface area contributed by atoms with Crippen molar-refractivity contribution in [3.05, 3.63) is 60.2 Å². The lowest BCUT2D eigenvalue weighted by molar-refractivity contribution is -0.133. The average molecular weight is 437 g/mol. The lowest BCUT2D eigenvalue weighted by atomic mass is 9.93. The summed E-state index contributed by atoms with van der Waals surface area (Å²) < 4.78 is 5.40. The maximum absolute atomic E-state index is 13.0. The molecule has 0 aliphatic carbocycles. The Balaban J connectivity index is 1.39. The molecule has 2 fully saturated rings. The molecule has 2 N–H and O–H groups in total. The number of urea groups is 1. The van der Waals surface area contributed by atoms with Crippen LogP contribution in [-0.2, 0) is 20.7 Å². The van der Waals surface area contributed by atoms with Crippen molar-refractivity contribution in [2.45, 2.75) is 25.3 Å². The molecule has 2 aliphatic heterocycles. The van der Waals surface area contributed by atoms with Gasteiger partial charge < -0.3 is 20.3 Å². The van der Waals surface area contributed by atoms with Crippen LogP contribution in [0.1, 0.15) is 18.9 Å². The molecule has 0 bridgehead atoms. The molecule has 2 saturated heterocycles. The van der Waals surface area contributed by atoms with Crippen LogP contribution in [-0.4, -0.2) is 61.1 Å². The van der Waals surface area contributed by atoms with Crippen molar-refractivity contribution in [1.29, 1.82) is 0 Å². The van der Waals surface area contributed by atoms with Gasteiger partial charge in [0.1, 0.15) is 12.1 Å². The number of ether oxygens (including phenoxy) is 1. The van der Waals surface area contributed by atoms with Crippen molar-refractivity contribution in [2.24, 2.45) is 0 Å². The zero-order valence-corrected chi connectivity index (χ0v) is 18.2. The molecule has 4 amide bonds. The molecule has 2 aromatic rings. The summed E-state index contributed by atoms with van der Waals surface area (Å²) in [6, 6.07) is 16.8. The summed E-state index contributed by atoms with van der Waals surface area (Å²) in [4.78, 5) is 41.4. The maximum Gasteiger partial charge on any atom is 0.325 e. The van der Waals surface area contributed by atoms with Gasteiger partial charge in [0.15, 0.2) is 0 Å². The number of rotatable bonds is 7. The Hall–Kier alpha value is -3.39. The molecule has 4 rings (SSSR count). The average Bonchev–Trinajstić information content (AvgIpc) is 3.02. The van der Waals surface area contributed by atoms with E-state index >= 15 is 0 Å². The minimum Gasteiger partial charge on any atom is -0.378 e. The lowest BCUT2D eigenvalue weighted by Crippen LogP contribution is -2.45. The van der Waals surface area contributed by atoms with Crippen molar-refractivity contribution in [1.82, 2.24) is 10.2 Å². The van der Waals surface area contributed by atoms with Gasteiger partial charge in [-0.05, 0) is 37.5 Å². The minimum atomic E-state index is -1.03. The third-order valence-electron chi connectivity index (χ3n) is 5.93. The highest BCUT2D eigenvalue weighted by molar-refractivity contribution is 6.10. The van der Waals surface area contributed by atoms with Crippen molar-refractivity contribution < 1.29 is 19.1 Å². The number of benzene rings is 2. The first-order valence-electron chi connectivity index (χ1n) is 10.9. The van der Waals surface area contributed by atoms with E-state index in [1.54, 1.807) is 6.92 Å². The number of nitrogens with one attached hydrogen (secondary N) is 2. The summed E-state index contributed by atoms with van der Waals surface area (Å²) in [6.07, 6.45) is 1.11. The van der Waals surface area contributed by atoms with E-state index in [0.29, 0.717) is 31.7 Å². The summed E-state index contributed by atoms with van der Waals surface area (Å²) in [5, 5.41) is 5.63. The van der Waals surface area contributed by atoms with E-state index in [2.05, 4.69) is 15.5 Å². The molecule has 2 aromatic carbocycles. The topological polar surface area (TPSA) is 91.0 Å². The summed E-state index contributed by atoms with van der Waals surface area (Å²) in [7, 11) is 0. The van der Waals surface area contributed by atoms with Crippen LogP contribution in [0.2, 0.25) is 0 Å². The first-order chi connectivity index (χ1) is 15.5. The van der Waals surface area contributed by atoms with Gasteiger partial charge in [-0.25, -0.2) is 4.79 Å². The summed E-state index contributed by atoms with van der Waals surface area (Å²) >= 11 is 0. The number of para-hydroxylation sites is 2. The number of anilines is 2. The SMILES string of the molecule is CC1(CCc2ccccc2)NC(=O)N(CC(=O)Nc2ccccc2N2CCOCC2)C1=O. The van der Waals surface area contributed by atoms with Gasteiger partial charge in [0.2, 0.25) is 5.91 Å². The number of imide groups is 1. The van der Waals surface area contributed by atoms with Gasteiger partial charge in [0.25, 0.3) is 5.91 Å². The predicted molar refractivity (Wildman–Crippen MR) is 122 cm³/mol. The van der Waals surface area contributed by atoms with E-state index < -0.39 is 17.5 Å². The number of amides is 4. The summed E-state index contributed by atoms with van der Waals surface area (Å²) in [6.45, 7) is 4.11. The van der Waals surface area contributed by atoms with E-state index in [1.807, 2.05) is 54.6 Å². The van der Waals surface area contributed by atoms with Gasteiger partial charge in [-0.3, -0.25) is 14.5 Å². The Labute approximate surface area is 187 Å². The molecule has 0 saturated carbocycles. The minimum absolute atomic E-state index is 0.330. The fraction of sp³-hybridized carbons (Fsp3) is 0.375. The largest absolute Gasteiger partial charge is 0.378 e. The molecular weight excluding hydrogens is 408 g/mol. The normalized spacial score (nSPS) is 20.9. The van der Waals surface area contributed by atoms with Crippen LogP contribution in [0.25, 0.3) is 0 Å². The maximum atomic E-state index is 13.0. The van der Waals surface area contributed by atoms with E-state index in [0.717, 1.165) is 29.2 Å². The van der Waals surface area contributed by atoms with Crippen molar-refractivity contribution >= 4 is 29.2 Å². The second-order valence-electron chi connectivity index (χ2n) is 8.30. The van der Waals surface area contributed by atoms with Crippen molar-refractivity contribution in [3.63, 3.8) is 0 Å². The predicted octanol–water partition coefficient (Wildman–Crippen LogP) is 2.41. The highest BCUT2D eigenvalue weighted by Crippen LogP contribution is 2.27. The van der Waals surface area contributed by atoms with Crippen LogP contribution in [0.4, 0.5) is 16.2 Å². The zero-order chi connectivity index (χ0) is 22.6. The number of nitrogens with zero attached hydrogens (tertiary/aromatic N) is 2. The monoisotopic (exact) mass is 436 g/mol. The molecule has 1 unspecified atom stereocenters. The quantitative estimate of drug-likeness (QED) is 0.651. The summed E-state index contributed by atoms with van der Waals surface area (Å²) in [5.41, 5.74) is 1.61. The number of aryl methyl sites for hydroxylation is 1. The van der Waals surface area contributed by atoms with Gasteiger partial charge >= 0.3 is 6.03 Å². The van der Waals surface area contributed by atoms with E-state index in [9.17, 15) is 14.4 Å². The lowest BCUT2D eigenvalue weighted by Gasteiger charge is -2.30.